The first-order chi connectivity index (χ1) is 11.2. The van der Waals surface area contributed by atoms with Crippen LogP contribution in [-0.4, -0.2) is 11.6 Å². The van der Waals surface area contributed by atoms with E-state index in [4.69, 9.17) is 10.5 Å². The molecule has 3 aromatic rings. The highest BCUT2D eigenvalue weighted by Gasteiger charge is 2.05. The Morgan fingerprint density at radius 2 is 1.96 bits per heavy atom. The molecule has 0 saturated heterocycles. The lowest BCUT2D eigenvalue weighted by atomic mass is 10.2. The van der Waals surface area contributed by atoms with E-state index in [9.17, 15) is 4.39 Å². The molecule has 23 heavy (non-hydrogen) atoms. The second kappa shape index (κ2) is 7.24. The van der Waals surface area contributed by atoms with E-state index in [2.05, 4.69) is 4.98 Å². The van der Waals surface area contributed by atoms with Gasteiger partial charge in [0.15, 0.2) is 0 Å². The van der Waals surface area contributed by atoms with E-state index in [1.807, 2.05) is 29.6 Å². The minimum atomic E-state index is -0.233. The van der Waals surface area contributed by atoms with Gasteiger partial charge in [-0.25, -0.2) is 9.37 Å². The van der Waals surface area contributed by atoms with E-state index >= 15 is 0 Å². The zero-order chi connectivity index (χ0) is 16.1. The van der Waals surface area contributed by atoms with Crippen LogP contribution < -0.4 is 10.5 Å². The van der Waals surface area contributed by atoms with Crippen LogP contribution in [0.15, 0.2) is 53.9 Å². The van der Waals surface area contributed by atoms with Gasteiger partial charge in [-0.1, -0.05) is 6.07 Å². The van der Waals surface area contributed by atoms with E-state index in [-0.39, 0.29) is 5.82 Å². The van der Waals surface area contributed by atoms with Crippen molar-refractivity contribution in [1.82, 2.24) is 4.98 Å². The summed E-state index contributed by atoms with van der Waals surface area (Å²) in [6.07, 6.45) is 1.74. The summed E-state index contributed by atoms with van der Waals surface area (Å²) in [4.78, 5) is 4.59. The number of benzene rings is 2. The largest absolute Gasteiger partial charge is 0.494 e. The molecule has 0 atom stereocenters. The van der Waals surface area contributed by atoms with Crippen LogP contribution in [0.1, 0.15) is 11.4 Å². The Balaban J connectivity index is 1.50. The van der Waals surface area contributed by atoms with Crippen LogP contribution >= 0.6 is 11.3 Å². The van der Waals surface area contributed by atoms with E-state index in [1.165, 1.54) is 12.1 Å². The van der Waals surface area contributed by atoms with Gasteiger partial charge < -0.3 is 10.5 Å². The van der Waals surface area contributed by atoms with Crippen molar-refractivity contribution in [2.75, 3.05) is 12.3 Å². The average molecular weight is 328 g/mol. The van der Waals surface area contributed by atoms with Crippen molar-refractivity contribution in [3.05, 3.63) is 64.7 Å². The van der Waals surface area contributed by atoms with Crippen LogP contribution in [0, 0.1) is 5.82 Å². The lowest BCUT2D eigenvalue weighted by Gasteiger charge is -2.05. The molecule has 1 heterocycles. The number of halogens is 1. The normalized spacial score (nSPS) is 10.7. The summed E-state index contributed by atoms with van der Waals surface area (Å²) < 4.78 is 18.6. The van der Waals surface area contributed by atoms with Crippen LogP contribution in [0.5, 0.6) is 5.75 Å². The van der Waals surface area contributed by atoms with Crippen molar-refractivity contribution in [2.24, 2.45) is 0 Å². The molecule has 2 N–H and O–H groups in total. The number of nitrogens with zero attached hydrogens (tertiary/aromatic N) is 1. The van der Waals surface area contributed by atoms with Gasteiger partial charge in [0, 0.05) is 29.1 Å². The van der Waals surface area contributed by atoms with Crippen LogP contribution in [0.4, 0.5) is 10.1 Å². The van der Waals surface area contributed by atoms with Gasteiger partial charge in [0.25, 0.3) is 0 Å². The molecule has 1 aromatic heterocycles. The maximum atomic E-state index is 12.9. The molecule has 0 spiro atoms. The summed E-state index contributed by atoms with van der Waals surface area (Å²) >= 11 is 1.62. The SMILES string of the molecule is Nc1cccc(OCCCc2nc(-c3ccc(F)cc3)cs2)c1. The number of thiazole rings is 1. The predicted molar refractivity (Wildman–Crippen MR) is 92.2 cm³/mol. The summed E-state index contributed by atoms with van der Waals surface area (Å²) in [5, 5.41) is 3.06. The van der Waals surface area contributed by atoms with Crippen molar-refractivity contribution in [3.8, 4) is 17.0 Å². The van der Waals surface area contributed by atoms with Gasteiger partial charge in [0.1, 0.15) is 11.6 Å². The van der Waals surface area contributed by atoms with Crippen molar-refractivity contribution in [3.63, 3.8) is 0 Å². The number of nitrogens with two attached hydrogens (primary N) is 1. The number of anilines is 1. The first kappa shape index (κ1) is 15.5. The summed E-state index contributed by atoms with van der Waals surface area (Å²) in [5.74, 6) is 0.555. The lowest BCUT2D eigenvalue weighted by Crippen LogP contribution is -1.99. The number of hydrogen-bond donors (Lipinski definition) is 1. The maximum Gasteiger partial charge on any atom is 0.123 e. The topological polar surface area (TPSA) is 48.1 Å². The first-order valence-corrected chi connectivity index (χ1v) is 8.27. The molecular formula is C18H17FN2OS. The van der Waals surface area contributed by atoms with Crippen molar-refractivity contribution in [2.45, 2.75) is 12.8 Å². The molecule has 0 aliphatic heterocycles. The fraction of sp³-hybridized carbons (Fsp3) is 0.167. The van der Waals surface area contributed by atoms with E-state index in [0.717, 1.165) is 34.9 Å². The highest BCUT2D eigenvalue weighted by molar-refractivity contribution is 7.09. The third kappa shape index (κ3) is 4.29. The average Bonchev–Trinajstić information content (AvgIpc) is 3.01. The Kier molecular flexibility index (Phi) is 4.88. The second-order valence-electron chi connectivity index (χ2n) is 5.16. The Labute approximate surface area is 138 Å². The Hall–Kier alpha value is -2.40. The smallest absolute Gasteiger partial charge is 0.123 e. The number of rotatable bonds is 6. The van der Waals surface area contributed by atoms with E-state index in [1.54, 1.807) is 23.5 Å². The van der Waals surface area contributed by atoms with Crippen molar-refractivity contribution >= 4 is 17.0 Å². The maximum absolute atomic E-state index is 12.9. The Morgan fingerprint density at radius 3 is 2.74 bits per heavy atom. The van der Waals surface area contributed by atoms with Crippen LogP contribution in [0.2, 0.25) is 0 Å². The van der Waals surface area contributed by atoms with Gasteiger partial charge in [-0.05, 0) is 42.8 Å². The van der Waals surface area contributed by atoms with Gasteiger partial charge in [-0.3, -0.25) is 0 Å². The van der Waals surface area contributed by atoms with Crippen LogP contribution in [0.25, 0.3) is 11.3 Å². The molecule has 3 nitrogen and oxygen atoms in total. The third-order valence-corrected chi connectivity index (χ3v) is 4.26. The zero-order valence-electron chi connectivity index (χ0n) is 12.5. The quantitative estimate of drug-likeness (QED) is 0.534. The third-order valence-electron chi connectivity index (χ3n) is 3.35. The monoisotopic (exact) mass is 328 g/mol. The van der Waals surface area contributed by atoms with Gasteiger partial charge in [-0.2, -0.15) is 0 Å². The zero-order valence-corrected chi connectivity index (χ0v) is 13.4. The molecule has 5 heteroatoms. The van der Waals surface area contributed by atoms with Gasteiger partial charge >= 0.3 is 0 Å². The van der Waals surface area contributed by atoms with Crippen LogP contribution in [-0.2, 0) is 6.42 Å². The minimum Gasteiger partial charge on any atom is -0.494 e. The fourth-order valence-corrected chi connectivity index (χ4v) is 3.05. The Bertz CT molecular complexity index is 771. The van der Waals surface area contributed by atoms with Gasteiger partial charge in [-0.15, -0.1) is 11.3 Å². The Morgan fingerprint density at radius 1 is 1.13 bits per heavy atom. The summed E-state index contributed by atoms with van der Waals surface area (Å²) in [6, 6.07) is 13.8. The van der Waals surface area contributed by atoms with Crippen LogP contribution in [0.3, 0.4) is 0 Å². The number of hydrogen-bond acceptors (Lipinski definition) is 4. The molecule has 0 fully saturated rings. The summed E-state index contributed by atoms with van der Waals surface area (Å²) in [6.45, 7) is 0.620. The number of aromatic nitrogens is 1. The molecule has 3 rings (SSSR count). The highest BCUT2D eigenvalue weighted by atomic mass is 32.1. The van der Waals surface area contributed by atoms with Gasteiger partial charge in [0.05, 0.1) is 17.3 Å². The molecule has 0 amide bonds. The van der Waals surface area contributed by atoms with E-state index in [0.29, 0.717) is 12.3 Å². The molecule has 118 valence electrons. The molecule has 0 radical (unpaired) electrons. The number of nitrogen functional groups attached to an aromatic ring is 1. The lowest BCUT2D eigenvalue weighted by molar-refractivity contribution is 0.311. The molecule has 2 aromatic carbocycles. The number of ether oxygens (including phenoxy) is 1. The first-order valence-electron chi connectivity index (χ1n) is 7.39. The molecule has 0 saturated carbocycles. The van der Waals surface area contributed by atoms with E-state index < -0.39 is 0 Å². The highest BCUT2D eigenvalue weighted by Crippen LogP contribution is 2.23. The standard InChI is InChI=1S/C18H17FN2OS/c19-14-8-6-13(7-9-14)17-12-23-18(21-17)5-2-10-22-16-4-1-3-15(20)11-16/h1,3-4,6-9,11-12H,2,5,10,20H2. The molecule has 0 aliphatic carbocycles. The number of aryl methyl sites for hydroxylation is 1. The predicted octanol–water partition coefficient (Wildman–Crippen LogP) is 4.54. The molecular weight excluding hydrogens is 311 g/mol. The molecule has 0 aliphatic rings. The molecule has 0 unspecified atom stereocenters. The second-order valence-corrected chi connectivity index (χ2v) is 6.10. The minimum absolute atomic E-state index is 0.233. The summed E-state index contributed by atoms with van der Waals surface area (Å²) in [7, 11) is 0. The summed E-state index contributed by atoms with van der Waals surface area (Å²) in [5.41, 5.74) is 8.24. The van der Waals surface area contributed by atoms with Crippen molar-refractivity contribution < 1.29 is 9.13 Å². The van der Waals surface area contributed by atoms with Gasteiger partial charge in [0.2, 0.25) is 0 Å². The fourth-order valence-electron chi connectivity index (χ4n) is 2.20. The van der Waals surface area contributed by atoms with Crippen molar-refractivity contribution in [1.29, 1.82) is 0 Å². The molecule has 0 bridgehead atoms.